The zero-order valence-corrected chi connectivity index (χ0v) is 14.3. The van der Waals surface area contributed by atoms with Crippen molar-refractivity contribution >= 4 is 17.3 Å². The molecule has 2 aromatic rings. The molecule has 0 bridgehead atoms. The molecular formula is C18H17ClN5O+. The molecular weight excluding hydrogens is 338 g/mol. The molecule has 1 unspecified atom stereocenters. The van der Waals surface area contributed by atoms with Gasteiger partial charge in [0.2, 0.25) is 0 Å². The van der Waals surface area contributed by atoms with Crippen LogP contribution in [-0.2, 0) is 0 Å². The van der Waals surface area contributed by atoms with Crippen molar-refractivity contribution in [1.82, 2.24) is 10.9 Å². The number of halogens is 1. The minimum Gasteiger partial charge on any atom is -0.378 e. The van der Waals surface area contributed by atoms with Crippen molar-refractivity contribution in [3.8, 4) is 0 Å². The van der Waals surface area contributed by atoms with E-state index in [0.717, 1.165) is 21.6 Å². The van der Waals surface area contributed by atoms with Crippen LogP contribution in [0.15, 0.2) is 71.9 Å². The number of fused-ring (bicyclic) bond motifs is 1. The average Bonchev–Trinajstić information content (AvgIpc) is 2.98. The predicted octanol–water partition coefficient (Wildman–Crippen LogP) is 3.02. The molecule has 2 aliphatic rings. The largest absolute Gasteiger partial charge is 0.378 e. The molecule has 0 radical (unpaired) electrons. The number of hydrazine groups is 1. The van der Waals surface area contributed by atoms with E-state index in [-0.39, 0.29) is 0 Å². The van der Waals surface area contributed by atoms with Crippen LogP contribution >= 0.6 is 11.6 Å². The lowest BCUT2D eigenvalue weighted by atomic mass is 10.1. The van der Waals surface area contributed by atoms with Crippen molar-refractivity contribution in [2.75, 3.05) is 4.90 Å². The van der Waals surface area contributed by atoms with Crippen molar-refractivity contribution < 1.29 is 4.76 Å². The normalized spacial score (nSPS) is 19.3. The van der Waals surface area contributed by atoms with Crippen LogP contribution in [0.5, 0.6) is 0 Å². The van der Waals surface area contributed by atoms with Crippen LogP contribution in [0, 0.1) is 11.8 Å². The molecule has 0 fully saturated rings. The van der Waals surface area contributed by atoms with Gasteiger partial charge in [-0.3, -0.25) is 15.8 Å². The standard InChI is InChI=1S/C18H17ClN5O/c1-11-2-8-14(9-3-11)23-10-15-16(17(20)22-21-15)24(25)18(23)12-4-6-13(19)7-5-12/h2-10,18,21-22H,20H2,1H3/q+1. The quantitative estimate of drug-likeness (QED) is 0.723. The maximum Gasteiger partial charge on any atom is 0.326 e. The van der Waals surface area contributed by atoms with Crippen LogP contribution in [-0.4, -0.2) is 4.76 Å². The van der Waals surface area contributed by atoms with E-state index < -0.39 is 6.17 Å². The number of rotatable bonds is 2. The Labute approximate surface area is 150 Å². The monoisotopic (exact) mass is 354 g/mol. The molecule has 0 saturated heterocycles. The number of benzene rings is 2. The van der Waals surface area contributed by atoms with Crippen molar-refractivity contribution in [2.45, 2.75) is 13.1 Å². The first kappa shape index (κ1) is 15.5. The van der Waals surface area contributed by atoms with Gasteiger partial charge in [0.15, 0.2) is 11.5 Å². The van der Waals surface area contributed by atoms with Crippen molar-refractivity contribution in [3.63, 3.8) is 0 Å². The summed E-state index contributed by atoms with van der Waals surface area (Å²) < 4.78 is 0.917. The predicted molar refractivity (Wildman–Crippen MR) is 97.0 cm³/mol. The average molecular weight is 355 g/mol. The Morgan fingerprint density at radius 3 is 2.44 bits per heavy atom. The van der Waals surface area contributed by atoms with Crippen LogP contribution < -0.4 is 21.5 Å². The van der Waals surface area contributed by atoms with E-state index in [0.29, 0.717) is 22.2 Å². The van der Waals surface area contributed by atoms with E-state index in [4.69, 9.17) is 17.3 Å². The molecule has 2 aromatic carbocycles. The molecule has 0 saturated carbocycles. The second kappa shape index (κ2) is 5.82. The highest BCUT2D eigenvalue weighted by Crippen LogP contribution is 2.37. The SMILES string of the molecule is Cc1ccc(N2C=C3NNC(N)=C3[N+](=O)C2c2ccc(Cl)cc2)cc1. The Morgan fingerprint density at radius 1 is 1.08 bits per heavy atom. The van der Waals surface area contributed by atoms with Gasteiger partial charge < -0.3 is 5.73 Å². The minimum absolute atomic E-state index is 0.309. The molecule has 6 nitrogen and oxygen atoms in total. The van der Waals surface area contributed by atoms with Crippen molar-refractivity contribution in [1.29, 1.82) is 0 Å². The zero-order chi connectivity index (χ0) is 17.6. The Hall–Kier alpha value is -2.99. The van der Waals surface area contributed by atoms with E-state index in [2.05, 4.69) is 10.9 Å². The molecule has 0 aromatic heterocycles. The van der Waals surface area contributed by atoms with Crippen LogP contribution in [0.3, 0.4) is 0 Å². The summed E-state index contributed by atoms with van der Waals surface area (Å²) in [5.74, 6) is 0.309. The summed E-state index contributed by atoms with van der Waals surface area (Å²) >= 11 is 6.00. The van der Waals surface area contributed by atoms with Gasteiger partial charge in [0, 0.05) is 27.4 Å². The number of aryl methyl sites for hydroxylation is 1. The molecule has 126 valence electrons. The van der Waals surface area contributed by atoms with Crippen LogP contribution in [0.25, 0.3) is 0 Å². The van der Waals surface area contributed by atoms with Gasteiger partial charge in [-0.05, 0) is 43.3 Å². The van der Waals surface area contributed by atoms with E-state index in [9.17, 15) is 4.91 Å². The second-order valence-corrected chi connectivity index (χ2v) is 6.49. The van der Waals surface area contributed by atoms with Gasteiger partial charge in [0.05, 0.1) is 4.76 Å². The summed E-state index contributed by atoms with van der Waals surface area (Å²) in [7, 11) is 0. The maximum absolute atomic E-state index is 13.1. The summed E-state index contributed by atoms with van der Waals surface area (Å²) in [6, 6.07) is 15.3. The van der Waals surface area contributed by atoms with Gasteiger partial charge in [-0.25, -0.2) is 0 Å². The first-order valence-corrected chi connectivity index (χ1v) is 8.23. The highest BCUT2D eigenvalue weighted by molar-refractivity contribution is 6.30. The molecule has 4 rings (SSSR count). The molecule has 0 spiro atoms. The first-order valence-electron chi connectivity index (χ1n) is 7.85. The van der Waals surface area contributed by atoms with Gasteiger partial charge in [0.1, 0.15) is 0 Å². The Bertz CT molecular complexity index is 902. The van der Waals surface area contributed by atoms with Gasteiger partial charge in [-0.15, -0.1) is 0 Å². The zero-order valence-electron chi connectivity index (χ0n) is 13.5. The van der Waals surface area contributed by atoms with Gasteiger partial charge in [0.25, 0.3) is 0 Å². The highest BCUT2D eigenvalue weighted by Gasteiger charge is 2.46. The van der Waals surface area contributed by atoms with Gasteiger partial charge >= 0.3 is 11.9 Å². The number of nitrogens with two attached hydrogens (primary N) is 1. The fraction of sp³-hybridized carbons (Fsp3) is 0.111. The topological polar surface area (TPSA) is 73.4 Å². The summed E-state index contributed by atoms with van der Waals surface area (Å²) in [6.07, 6.45) is 1.31. The number of anilines is 1. The molecule has 7 heteroatoms. The summed E-state index contributed by atoms with van der Waals surface area (Å²) in [6.45, 7) is 2.03. The van der Waals surface area contributed by atoms with E-state index in [1.54, 1.807) is 12.1 Å². The third-order valence-electron chi connectivity index (χ3n) is 4.32. The molecule has 2 aliphatic heterocycles. The summed E-state index contributed by atoms with van der Waals surface area (Å²) in [5, 5.41) is 0.623. The van der Waals surface area contributed by atoms with Crippen LogP contribution in [0.4, 0.5) is 5.69 Å². The van der Waals surface area contributed by atoms with Gasteiger partial charge in [-0.1, -0.05) is 29.3 Å². The number of nitrogens with zero attached hydrogens (tertiary/aromatic N) is 2. The van der Waals surface area contributed by atoms with E-state index in [1.807, 2.05) is 54.4 Å². The second-order valence-electron chi connectivity index (χ2n) is 6.05. The Kier molecular flexibility index (Phi) is 3.62. The fourth-order valence-corrected chi connectivity index (χ4v) is 3.16. The number of nitroso groups, excluding NO2 is 1. The van der Waals surface area contributed by atoms with E-state index >= 15 is 0 Å². The van der Waals surface area contributed by atoms with Crippen molar-refractivity contribution in [3.05, 3.63) is 93.0 Å². The number of hydrogen-bond donors (Lipinski definition) is 3. The number of nitrogens with one attached hydrogen (secondary N) is 2. The third kappa shape index (κ3) is 2.60. The number of hydrogen-bond acceptors (Lipinski definition) is 5. The van der Waals surface area contributed by atoms with E-state index in [1.165, 1.54) is 0 Å². The molecule has 2 heterocycles. The smallest absolute Gasteiger partial charge is 0.326 e. The summed E-state index contributed by atoms with van der Waals surface area (Å²) in [4.78, 5) is 15.1. The molecule has 1 atom stereocenters. The van der Waals surface area contributed by atoms with Crippen LogP contribution in [0.2, 0.25) is 5.02 Å². The molecule has 0 amide bonds. The fourth-order valence-electron chi connectivity index (χ4n) is 3.04. The third-order valence-corrected chi connectivity index (χ3v) is 4.57. The maximum atomic E-state index is 13.1. The molecule has 25 heavy (non-hydrogen) atoms. The minimum atomic E-state index is -0.584. The lowest BCUT2D eigenvalue weighted by molar-refractivity contribution is -0.544. The molecule has 0 aliphatic carbocycles. The first-order chi connectivity index (χ1) is 12.0. The molecule has 4 N–H and O–H groups in total. The van der Waals surface area contributed by atoms with Crippen LogP contribution in [0.1, 0.15) is 17.3 Å². The Balaban J connectivity index is 1.87. The highest BCUT2D eigenvalue weighted by atomic mass is 35.5. The lowest BCUT2D eigenvalue weighted by Crippen LogP contribution is -2.37. The van der Waals surface area contributed by atoms with Gasteiger partial charge in [-0.2, -0.15) is 0 Å². The van der Waals surface area contributed by atoms with Crippen molar-refractivity contribution in [2.24, 2.45) is 5.73 Å². The summed E-state index contributed by atoms with van der Waals surface area (Å²) in [5.41, 5.74) is 15.6. The Morgan fingerprint density at radius 2 is 1.76 bits per heavy atom. The lowest BCUT2D eigenvalue weighted by Gasteiger charge is -2.28.